The number of amides is 2. The first-order valence-electron chi connectivity index (χ1n) is 11.4. The first kappa shape index (κ1) is 23.3. The molecule has 0 unspecified atom stereocenters. The lowest BCUT2D eigenvalue weighted by atomic mass is 10.0. The van der Waals surface area contributed by atoms with Crippen molar-refractivity contribution in [2.24, 2.45) is 0 Å². The van der Waals surface area contributed by atoms with E-state index >= 15 is 0 Å². The zero-order chi connectivity index (χ0) is 22.2. The summed E-state index contributed by atoms with van der Waals surface area (Å²) < 4.78 is 0. The number of nitrogens with one attached hydrogen (secondary N) is 1. The van der Waals surface area contributed by atoms with E-state index in [1.807, 2.05) is 31.2 Å². The van der Waals surface area contributed by atoms with Gasteiger partial charge in [0.05, 0.1) is 0 Å². The molecule has 2 aromatic carbocycles. The van der Waals surface area contributed by atoms with Gasteiger partial charge in [-0.3, -0.25) is 9.59 Å². The maximum atomic E-state index is 13.2. The summed E-state index contributed by atoms with van der Waals surface area (Å²) in [4.78, 5) is 27.8. The van der Waals surface area contributed by atoms with E-state index in [4.69, 9.17) is 11.6 Å². The van der Waals surface area contributed by atoms with Crippen LogP contribution in [-0.4, -0.2) is 28.8 Å². The summed E-state index contributed by atoms with van der Waals surface area (Å²) in [6.45, 7) is 4.32. The number of nitrogens with zero attached hydrogens (tertiary/aromatic N) is 1. The lowest BCUT2D eigenvalue weighted by Gasteiger charge is -2.30. The van der Waals surface area contributed by atoms with E-state index < -0.39 is 6.04 Å². The molecule has 5 heteroatoms. The zero-order valence-corrected chi connectivity index (χ0v) is 19.3. The normalized spacial score (nSPS) is 14.9. The lowest BCUT2D eigenvalue weighted by molar-refractivity contribution is -0.140. The summed E-state index contributed by atoms with van der Waals surface area (Å²) in [5.74, 6) is -0.0943. The van der Waals surface area contributed by atoms with Crippen LogP contribution in [0.4, 0.5) is 0 Å². The van der Waals surface area contributed by atoms with Crippen LogP contribution in [0.5, 0.6) is 0 Å². The van der Waals surface area contributed by atoms with Crippen LogP contribution in [0.15, 0.2) is 48.5 Å². The molecule has 0 saturated heterocycles. The molecule has 166 valence electrons. The largest absolute Gasteiger partial charge is 0.352 e. The van der Waals surface area contributed by atoms with Crippen LogP contribution in [0.3, 0.4) is 0 Å². The number of rotatable bonds is 9. The molecule has 1 aliphatic rings. The van der Waals surface area contributed by atoms with Gasteiger partial charge in [-0.2, -0.15) is 0 Å². The van der Waals surface area contributed by atoms with Crippen molar-refractivity contribution in [3.8, 4) is 0 Å². The van der Waals surface area contributed by atoms with Crippen molar-refractivity contribution in [3.63, 3.8) is 0 Å². The third-order valence-corrected chi connectivity index (χ3v) is 6.40. The minimum Gasteiger partial charge on any atom is -0.352 e. The summed E-state index contributed by atoms with van der Waals surface area (Å²) in [7, 11) is 0. The Morgan fingerprint density at radius 2 is 1.74 bits per heavy atom. The van der Waals surface area contributed by atoms with Crippen LogP contribution in [-0.2, 0) is 29.0 Å². The van der Waals surface area contributed by atoms with E-state index in [9.17, 15) is 9.59 Å². The van der Waals surface area contributed by atoms with Crippen LogP contribution in [0.2, 0.25) is 5.02 Å². The molecule has 1 aliphatic carbocycles. The second-order valence-corrected chi connectivity index (χ2v) is 8.92. The van der Waals surface area contributed by atoms with Crippen molar-refractivity contribution < 1.29 is 9.59 Å². The third-order valence-electron chi connectivity index (χ3n) is 6.17. The van der Waals surface area contributed by atoms with Crippen molar-refractivity contribution in [3.05, 3.63) is 70.2 Å². The maximum absolute atomic E-state index is 13.2. The minimum atomic E-state index is -0.533. The van der Waals surface area contributed by atoms with Gasteiger partial charge in [0.15, 0.2) is 0 Å². The number of carbonyl (C=O) groups is 2. The molecule has 0 aliphatic heterocycles. The van der Waals surface area contributed by atoms with Crippen molar-refractivity contribution in [1.29, 1.82) is 0 Å². The van der Waals surface area contributed by atoms with Gasteiger partial charge in [0, 0.05) is 24.0 Å². The monoisotopic (exact) mass is 440 g/mol. The molecule has 0 heterocycles. The number of halogens is 1. The maximum Gasteiger partial charge on any atom is 0.242 e. The second-order valence-electron chi connectivity index (χ2n) is 8.49. The number of carbonyl (C=O) groups excluding carboxylic acids is 2. The zero-order valence-electron chi connectivity index (χ0n) is 18.6. The van der Waals surface area contributed by atoms with Crippen LogP contribution in [0.1, 0.15) is 62.6 Å². The number of hydrogen-bond donors (Lipinski definition) is 1. The van der Waals surface area contributed by atoms with Gasteiger partial charge in [-0.25, -0.2) is 0 Å². The van der Waals surface area contributed by atoms with Gasteiger partial charge in [0.25, 0.3) is 0 Å². The number of hydrogen-bond acceptors (Lipinski definition) is 2. The molecule has 0 spiro atoms. The standard InChI is InChI=1S/C26H33ClN2O2/c1-3-20-11-13-21(14-12-20)15-16-25(30)29(18-22-7-6-8-23(27)17-22)19(2)26(31)28-24-9-4-5-10-24/h6-8,11-14,17,19,24H,3-5,9-10,15-16,18H2,1-2H3,(H,28,31)/t19-/m1/s1. The fourth-order valence-electron chi connectivity index (χ4n) is 4.14. The Balaban J connectivity index is 1.69. The highest BCUT2D eigenvalue weighted by Gasteiger charge is 2.28. The number of benzene rings is 2. The Hall–Kier alpha value is -2.33. The summed E-state index contributed by atoms with van der Waals surface area (Å²) in [5, 5.41) is 3.77. The van der Waals surface area contributed by atoms with E-state index in [1.54, 1.807) is 4.90 Å². The first-order valence-corrected chi connectivity index (χ1v) is 11.8. The Morgan fingerprint density at radius 1 is 1.06 bits per heavy atom. The van der Waals surface area contributed by atoms with E-state index in [2.05, 4.69) is 36.5 Å². The molecule has 1 atom stereocenters. The van der Waals surface area contributed by atoms with Crippen LogP contribution < -0.4 is 5.32 Å². The lowest BCUT2D eigenvalue weighted by Crippen LogP contribution is -2.49. The van der Waals surface area contributed by atoms with Crippen LogP contribution in [0.25, 0.3) is 0 Å². The molecule has 2 aromatic rings. The molecule has 1 fully saturated rings. The Labute approximate surface area is 191 Å². The Morgan fingerprint density at radius 3 is 2.39 bits per heavy atom. The summed E-state index contributed by atoms with van der Waals surface area (Å²) >= 11 is 6.15. The molecule has 0 bridgehead atoms. The molecule has 2 amide bonds. The smallest absolute Gasteiger partial charge is 0.242 e. The van der Waals surface area contributed by atoms with Gasteiger partial charge in [-0.1, -0.05) is 67.8 Å². The Bertz CT molecular complexity index is 875. The van der Waals surface area contributed by atoms with Gasteiger partial charge in [0.2, 0.25) is 11.8 Å². The Kier molecular flexibility index (Phi) is 8.53. The van der Waals surface area contributed by atoms with Gasteiger partial charge in [0.1, 0.15) is 6.04 Å². The second kappa shape index (κ2) is 11.3. The van der Waals surface area contributed by atoms with Gasteiger partial charge >= 0.3 is 0 Å². The van der Waals surface area contributed by atoms with Crippen molar-refractivity contribution in [2.75, 3.05) is 0 Å². The molecule has 0 radical (unpaired) electrons. The van der Waals surface area contributed by atoms with Crippen molar-refractivity contribution in [2.45, 2.75) is 77.4 Å². The summed E-state index contributed by atoms with van der Waals surface area (Å²) in [6.07, 6.45) is 6.38. The summed E-state index contributed by atoms with van der Waals surface area (Å²) in [5.41, 5.74) is 3.35. The predicted molar refractivity (Wildman–Crippen MR) is 126 cm³/mol. The van der Waals surface area contributed by atoms with E-state index in [-0.39, 0.29) is 17.9 Å². The van der Waals surface area contributed by atoms with E-state index in [0.717, 1.165) is 43.2 Å². The molecule has 31 heavy (non-hydrogen) atoms. The van der Waals surface area contributed by atoms with E-state index in [0.29, 0.717) is 24.4 Å². The van der Waals surface area contributed by atoms with E-state index in [1.165, 1.54) is 5.56 Å². The molecular formula is C26H33ClN2O2. The predicted octanol–water partition coefficient (Wildman–Crippen LogP) is 5.31. The quantitative estimate of drug-likeness (QED) is 0.574. The number of aryl methyl sites for hydroxylation is 2. The highest BCUT2D eigenvalue weighted by Crippen LogP contribution is 2.20. The molecule has 1 N–H and O–H groups in total. The molecule has 3 rings (SSSR count). The molecule has 0 aromatic heterocycles. The third kappa shape index (κ3) is 6.83. The van der Waals surface area contributed by atoms with Crippen LogP contribution >= 0.6 is 11.6 Å². The minimum absolute atomic E-state index is 0.0198. The van der Waals surface area contributed by atoms with Gasteiger partial charge < -0.3 is 10.2 Å². The van der Waals surface area contributed by atoms with Gasteiger partial charge in [-0.05, 0) is 61.4 Å². The van der Waals surface area contributed by atoms with Crippen LogP contribution in [0, 0.1) is 0 Å². The average molecular weight is 441 g/mol. The van der Waals surface area contributed by atoms with Crippen molar-refractivity contribution in [1.82, 2.24) is 10.2 Å². The SMILES string of the molecule is CCc1ccc(CCC(=O)N(Cc2cccc(Cl)c2)[C@H](C)C(=O)NC2CCCC2)cc1. The summed E-state index contributed by atoms with van der Waals surface area (Å²) in [6, 6.07) is 15.6. The van der Waals surface area contributed by atoms with Gasteiger partial charge in [-0.15, -0.1) is 0 Å². The average Bonchev–Trinajstić information content (AvgIpc) is 3.28. The highest BCUT2D eigenvalue weighted by atomic mass is 35.5. The topological polar surface area (TPSA) is 49.4 Å². The highest BCUT2D eigenvalue weighted by molar-refractivity contribution is 6.30. The molecule has 4 nitrogen and oxygen atoms in total. The fourth-order valence-corrected chi connectivity index (χ4v) is 4.36. The first-order chi connectivity index (χ1) is 15.0. The fraction of sp³-hybridized carbons (Fsp3) is 0.462. The molecular weight excluding hydrogens is 408 g/mol. The molecule has 1 saturated carbocycles. The van der Waals surface area contributed by atoms with Crippen molar-refractivity contribution >= 4 is 23.4 Å².